The molecule has 0 amide bonds. The van der Waals surface area contributed by atoms with Crippen LogP contribution in [0.25, 0.3) is 26.9 Å². The van der Waals surface area contributed by atoms with E-state index in [-0.39, 0.29) is 0 Å². The molecule has 1 aromatic heterocycles. The second-order valence-electron chi connectivity index (χ2n) is 13.9. The van der Waals surface area contributed by atoms with Crippen molar-refractivity contribution in [2.24, 2.45) is 23.7 Å². The molecule has 0 nitrogen and oxygen atoms in total. The second kappa shape index (κ2) is 15.8. The number of benzene rings is 2. The molecule has 1 aliphatic rings. The van der Waals surface area contributed by atoms with Gasteiger partial charge in [-0.25, -0.2) is 0 Å². The van der Waals surface area contributed by atoms with E-state index in [0.29, 0.717) is 5.25 Å². The van der Waals surface area contributed by atoms with Gasteiger partial charge in [0.2, 0.25) is 0 Å². The van der Waals surface area contributed by atoms with Crippen LogP contribution in [-0.2, 0) is 6.42 Å². The molecule has 0 aliphatic carbocycles. The largest absolute Gasteiger partial charge is 0.140 e. The highest BCUT2D eigenvalue weighted by molar-refractivity contribution is 8.03. The fourth-order valence-electron chi connectivity index (χ4n) is 6.36. The number of thiophene rings is 1. The summed E-state index contributed by atoms with van der Waals surface area (Å²) < 4.78 is 1.48. The normalized spacial score (nSPS) is 19.5. The third-order valence-electron chi connectivity index (χ3n) is 9.06. The van der Waals surface area contributed by atoms with E-state index in [9.17, 15) is 0 Å². The van der Waals surface area contributed by atoms with Crippen molar-refractivity contribution in [2.45, 2.75) is 124 Å². The molecule has 0 radical (unpaired) electrons. The maximum Gasteiger partial charge on any atom is 0.0424 e. The minimum absolute atomic E-state index is 0.464. The molecule has 2 heterocycles. The summed E-state index contributed by atoms with van der Waals surface area (Å²) in [4.78, 5) is 3.14. The zero-order valence-corrected chi connectivity index (χ0v) is 28.7. The van der Waals surface area contributed by atoms with E-state index in [0.717, 1.165) is 30.1 Å². The maximum atomic E-state index is 2.50. The van der Waals surface area contributed by atoms with Crippen LogP contribution >= 0.6 is 23.1 Å². The minimum Gasteiger partial charge on any atom is -0.140 e. The van der Waals surface area contributed by atoms with Crippen molar-refractivity contribution in [1.82, 2.24) is 0 Å². The fourth-order valence-corrected chi connectivity index (χ4v) is 8.78. The zero-order valence-electron chi connectivity index (χ0n) is 27.1. The number of allylic oxidation sites excluding steroid dienone is 3. The van der Waals surface area contributed by atoms with Crippen molar-refractivity contribution >= 4 is 50.0 Å². The molecule has 0 saturated heterocycles. The van der Waals surface area contributed by atoms with Crippen LogP contribution in [-0.4, -0.2) is 0 Å². The minimum atomic E-state index is 0.464. The molecule has 0 bridgehead atoms. The molecular weight excluding hydrogens is 533 g/mol. The standard InChI is InChI=1S/C39H56S2/c1-27(2)12-10-14-29(5)18-21-33-16-8-9-17-36-35(31(7)40-33)24-25-38-37(36)23-20-32-26-34(41-39(32)38)22-19-30(6)15-11-13-28(3)4/h9,16-17,20,23-31H,8,10-15,18-19,21-22H2,1-7H3/b17-9-,33-16-. The molecule has 1 aliphatic heterocycles. The summed E-state index contributed by atoms with van der Waals surface area (Å²) in [5, 5.41) is 4.75. The number of hydrogen-bond acceptors (Lipinski definition) is 2. The molecule has 0 spiro atoms. The van der Waals surface area contributed by atoms with Gasteiger partial charge in [-0.2, -0.15) is 0 Å². The smallest absolute Gasteiger partial charge is 0.0424 e. The second-order valence-corrected chi connectivity index (χ2v) is 16.5. The van der Waals surface area contributed by atoms with E-state index in [1.54, 1.807) is 9.78 Å². The van der Waals surface area contributed by atoms with E-state index in [1.165, 1.54) is 96.2 Å². The number of rotatable bonds is 14. The molecule has 0 saturated carbocycles. The first-order valence-electron chi connectivity index (χ1n) is 16.7. The lowest BCUT2D eigenvalue weighted by molar-refractivity contribution is 0.438. The third kappa shape index (κ3) is 9.49. The lowest BCUT2D eigenvalue weighted by Gasteiger charge is -2.19. The van der Waals surface area contributed by atoms with Gasteiger partial charge in [-0.3, -0.25) is 0 Å². The quantitative estimate of drug-likeness (QED) is 0.180. The van der Waals surface area contributed by atoms with Gasteiger partial charge in [0.1, 0.15) is 0 Å². The average Bonchev–Trinajstić information content (AvgIpc) is 3.37. The highest BCUT2D eigenvalue weighted by Gasteiger charge is 2.18. The molecule has 3 unspecified atom stereocenters. The van der Waals surface area contributed by atoms with Gasteiger partial charge in [0.05, 0.1) is 0 Å². The highest BCUT2D eigenvalue weighted by Crippen LogP contribution is 2.43. The highest BCUT2D eigenvalue weighted by atomic mass is 32.2. The van der Waals surface area contributed by atoms with Crippen LogP contribution in [0.5, 0.6) is 0 Å². The van der Waals surface area contributed by atoms with Gasteiger partial charge >= 0.3 is 0 Å². The molecule has 3 aromatic rings. The molecule has 0 N–H and O–H groups in total. The van der Waals surface area contributed by atoms with E-state index < -0.39 is 0 Å². The molecule has 41 heavy (non-hydrogen) atoms. The van der Waals surface area contributed by atoms with Crippen LogP contribution in [0.1, 0.15) is 134 Å². The summed E-state index contributed by atoms with van der Waals surface area (Å²) in [5.41, 5.74) is 2.93. The number of hydrogen-bond donors (Lipinski definition) is 0. The van der Waals surface area contributed by atoms with Gasteiger partial charge in [-0.15, -0.1) is 23.1 Å². The Morgan fingerprint density at radius 2 is 1.41 bits per heavy atom. The Bertz CT molecular complexity index is 1300. The topological polar surface area (TPSA) is 0 Å². The maximum absolute atomic E-state index is 2.50. The van der Waals surface area contributed by atoms with Gasteiger partial charge in [0.25, 0.3) is 0 Å². The Hall–Kier alpha value is -1.51. The average molecular weight is 589 g/mol. The third-order valence-corrected chi connectivity index (χ3v) is 11.6. The van der Waals surface area contributed by atoms with Crippen molar-refractivity contribution in [3.63, 3.8) is 0 Å². The van der Waals surface area contributed by atoms with Crippen molar-refractivity contribution in [2.75, 3.05) is 0 Å². The molecule has 2 aromatic carbocycles. The van der Waals surface area contributed by atoms with Gasteiger partial charge in [-0.05, 0) is 95.6 Å². The Balaban J connectivity index is 1.45. The van der Waals surface area contributed by atoms with Gasteiger partial charge in [0, 0.05) is 20.2 Å². The van der Waals surface area contributed by atoms with Crippen molar-refractivity contribution in [3.8, 4) is 0 Å². The van der Waals surface area contributed by atoms with E-state index in [1.807, 2.05) is 11.3 Å². The summed E-state index contributed by atoms with van der Waals surface area (Å²) in [6, 6.07) is 12.1. The van der Waals surface area contributed by atoms with Crippen molar-refractivity contribution in [3.05, 3.63) is 63.4 Å². The summed E-state index contributed by atoms with van der Waals surface area (Å²) in [5.74, 6) is 3.29. The van der Waals surface area contributed by atoms with Crippen LogP contribution in [0.3, 0.4) is 0 Å². The van der Waals surface area contributed by atoms with E-state index >= 15 is 0 Å². The van der Waals surface area contributed by atoms with Gasteiger partial charge < -0.3 is 0 Å². The van der Waals surface area contributed by atoms with Crippen LogP contribution in [0.4, 0.5) is 0 Å². The molecule has 4 rings (SSSR count). The number of aryl methyl sites for hydroxylation is 1. The first-order valence-corrected chi connectivity index (χ1v) is 18.4. The Morgan fingerprint density at radius 1 is 0.756 bits per heavy atom. The monoisotopic (exact) mass is 588 g/mol. The summed E-state index contributed by atoms with van der Waals surface area (Å²) >= 11 is 4.14. The van der Waals surface area contributed by atoms with Crippen LogP contribution in [0, 0.1) is 23.7 Å². The van der Waals surface area contributed by atoms with Crippen LogP contribution in [0.2, 0.25) is 0 Å². The van der Waals surface area contributed by atoms with E-state index in [4.69, 9.17) is 0 Å². The molecule has 0 fully saturated rings. The molecule has 224 valence electrons. The van der Waals surface area contributed by atoms with E-state index in [2.05, 4.69) is 109 Å². The number of thioether (sulfide) groups is 1. The predicted molar refractivity (Wildman–Crippen MR) is 190 cm³/mol. The molecule has 2 heteroatoms. The molecular formula is C39H56S2. The van der Waals surface area contributed by atoms with Crippen molar-refractivity contribution < 1.29 is 0 Å². The summed E-state index contributed by atoms with van der Waals surface area (Å²) in [6.45, 7) is 16.7. The number of fused-ring (bicyclic) bond motifs is 5. The fraction of sp³-hybridized carbons (Fsp3) is 0.590. The Kier molecular flexibility index (Phi) is 12.5. The Morgan fingerprint density at radius 3 is 2.10 bits per heavy atom. The lowest BCUT2D eigenvalue weighted by Crippen LogP contribution is -1.98. The Labute approximate surface area is 260 Å². The zero-order chi connectivity index (χ0) is 29.4. The SMILES string of the molecule is CC(C)CCCC(C)CC/C1=C/C/C=C\c2c(ccc3c2ccc2cc(CCC(C)CCCC(C)C)sc23)C(C)S1. The predicted octanol–water partition coefficient (Wildman–Crippen LogP) is 13.8. The van der Waals surface area contributed by atoms with Gasteiger partial charge in [-0.1, -0.05) is 123 Å². The van der Waals surface area contributed by atoms with Gasteiger partial charge in [0.15, 0.2) is 0 Å². The first-order chi connectivity index (χ1) is 19.7. The lowest BCUT2D eigenvalue weighted by atomic mass is 9.95. The summed E-state index contributed by atoms with van der Waals surface area (Å²) in [7, 11) is 0. The molecule has 3 atom stereocenters. The summed E-state index contributed by atoms with van der Waals surface area (Å²) in [6.07, 6.45) is 21.6. The van der Waals surface area contributed by atoms with Crippen LogP contribution < -0.4 is 0 Å². The van der Waals surface area contributed by atoms with Crippen molar-refractivity contribution in [1.29, 1.82) is 0 Å². The van der Waals surface area contributed by atoms with Crippen LogP contribution in [0.15, 0.2) is 47.4 Å². The first kappa shape index (κ1) is 32.4.